The van der Waals surface area contributed by atoms with Crippen LogP contribution in [0.3, 0.4) is 0 Å². The second kappa shape index (κ2) is 5.03. The highest BCUT2D eigenvalue weighted by Gasteiger charge is 2.31. The van der Waals surface area contributed by atoms with E-state index in [1.54, 1.807) is 13.1 Å². The molecule has 0 aliphatic rings. The third-order valence-electron chi connectivity index (χ3n) is 2.91. The Kier molecular flexibility index (Phi) is 3.57. The van der Waals surface area contributed by atoms with Crippen molar-refractivity contribution in [2.45, 2.75) is 6.18 Å². The maximum Gasteiger partial charge on any atom is 0.416 e. The highest BCUT2D eigenvalue weighted by Crippen LogP contribution is 2.35. The highest BCUT2D eigenvalue weighted by molar-refractivity contribution is 5.75. The van der Waals surface area contributed by atoms with Crippen LogP contribution in [0, 0.1) is 5.82 Å². The van der Waals surface area contributed by atoms with Gasteiger partial charge in [0.2, 0.25) is 0 Å². The average Bonchev–Trinajstić information content (AvgIpc) is 2.36. The molecule has 0 radical (unpaired) electrons. The van der Waals surface area contributed by atoms with E-state index < -0.39 is 17.6 Å². The van der Waals surface area contributed by atoms with Gasteiger partial charge in [0.05, 0.1) is 16.9 Å². The van der Waals surface area contributed by atoms with Crippen LogP contribution in [0.1, 0.15) is 5.56 Å². The summed E-state index contributed by atoms with van der Waals surface area (Å²) in [5.74, 6) is -0.431. The molecule has 0 unspecified atom stereocenters. The number of benzene rings is 2. The SMILES string of the molecule is CN(c1cccc(F)c1)c1ccc(C(F)(F)F)cc1N. The molecule has 0 saturated carbocycles. The zero-order valence-corrected chi connectivity index (χ0v) is 10.6. The van der Waals surface area contributed by atoms with Crippen LogP contribution in [0.5, 0.6) is 0 Å². The summed E-state index contributed by atoms with van der Waals surface area (Å²) < 4.78 is 50.8. The van der Waals surface area contributed by atoms with Crippen LogP contribution in [0.15, 0.2) is 42.5 Å². The molecule has 0 amide bonds. The number of halogens is 4. The standard InChI is InChI=1S/C14H12F4N2/c1-20(11-4-2-3-10(15)8-11)13-6-5-9(7-12(13)19)14(16,17)18/h2-8H,19H2,1H3. The second-order valence-corrected chi connectivity index (χ2v) is 4.31. The van der Waals surface area contributed by atoms with Crippen LogP contribution in [0.25, 0.3) is 0 Å². The molecule has 0 heterocycles. The zero-order valence-electron chi connectivity index (χ0n) is 10.6. The van der Waals surface area contributed by atoms with Gasteiger partial charge in [0.1, 0.15) is 5.82 Å². The average molecular weight is 284 g/mol. The first-order chi connectivity index (χ1) is 9.29. The normalized spacial score (nSPS) is 11.4. The van der Waals surface area contributed by atoms with Gasteiger partial charge in [0, 0.05) is 12.7 Å². The van der Waals surface area contributed by atoms with E-state index in [-0.39, 0.29) is 5.69 Å². The van der Waals surface area contributed by atoms with Gasteiger partial charge in [-0.15, -0.1) is 0 Å². The number of nitrogens with two attached hydrogens (primary N) is 1. The van der Waals surface area contributed by atoms with E-state index in [1.165, 1.54) is 29.2 Å². The van der Waals surface area contributed by atoms with Crippen molar-refractivity contribution in [3.8, 4) is 0 Å². The summed E-state index contributed by atoms with van der Waals surface area (Å²) in [5, 5.41) is 0. The second-order valence-electron chi connectivity index (χ2n) is 4.31. The predicted octanol–water partition coefficient (Wildman–Crippen LogP) is 4.19. The number of hydrogen-bond acceptors (Lipinski definition) is 2. The lowest BCUT2D eigenvalue weighted by Gasteiger charge is -2.22. The number of nitrogen functional groups attached to an aromatic ring is 1. The summed E-state index contributed by atoms with van der Waals surface area (Å²) in [5.41, 5.74) is 5.70. The minimum absolute atomic E-state index is 0.0217. The molecule has 2 N–H and O–H groups in total. The Hall–Kier alpha value is -2.24. The lowest BCUT2D eigenvalue weighted by Crippen LogP contribution is -2.13. The van der Waals surface area contributed by atoms with Gasteiger partial charge in [-0.25, -0.2) is 4.39 Å². The Morgan fingerprint density at radius 3 is 2.30 bits per heavy atom. The lowest BCUT2D eigenvalue weighted by atomic mass is 10.1. The Morgan fingerprint density at radius 1 is 1.05 bits per heavy atom. The molecule has 2 rings (SSSR count). The number of anilines is 3. The molecular weight excluding hydrogens is 272 g/mol. The maximum atomic E-state index is 13.2. The van der Waals surface area contributed by atoms with Crippen LogP contribution in [0.2, 0.25) is 0 Å². The third kappa shape index (κ3) is 2.84. The van der Waals surface area contributed by atoms with Crippen LogP contribution < -0.4 is 10.6 Å². The molecule has 0 atom stereocenters. The topological polar surface area (TPSA) is 29.3 Å². The molecule has 6 heteroatoms. The van der Waals surface area contributed by atoms with Gasteiger partial charge in [-0.1, -0.05) is 6.07 Å². The van der Waals surface area contributed by atoms with Crippen molar-refractivity contribution in [1.82, 2.24) is 0 Å². The van der Waals surface area contributed by atoms with Crippen LogP contribution in [-0.2, 0) is 6.18 Å². The van der Waals surface area contributed by atoms with Crippen LogP contribution in [0.4, 0.5) is 34.6 Å². The fraction of sp³-hybridized carbons (Fsp3) is 0.143. The van der Waals surface area contributed by atoms with Crippen molar-refractivity contribution in [2.24, 2.45) is 0 Å². The summed E-state index contributed by atoms with van der Waals surface area (Å²) in [6, 6.07) is 8.79. The quantitative estimate of drug-likeness (QED) is 0.661. The summed E-state index contributed by atoms with van der Waals surface area (Å²) in [4.78, 5) is 1.53. The molecule has 0 aliphatic heterocycles. The first-order valence-corrected chi connectivity index (χ1v) is 5.75. The molecule has 2 aromatic carbocycles. The molecule has 0 bridgehead atoms. The smallest absolute Gasteiger partial charge is 0.397 e. The van der Waals surface area contributed by atoms with Gasteiger partial charge >= 0.3 is 6.18 Å². The zero-order chi connectivity index (χ0) is 14.9. The molecule has 2 aromatic rings. The fourth-order valence-corrected chi connectivity index (χ4v) is 1.86. The summed E-state index contributed by atoms with van der Waals surface area (Å²) >= 11 is 0. The van der Waals surface area contributed by atoms with Crippen molar-refractivity contribution < 1.29 is 17.6 Å². The Morgan fingerprint density at radius 2 is 1.75 bits per heavy atom. The van der Waals surface area contributed by atoms with Crippen molar-refractivity contribution in [1.29, 1.82) is 0 Å². The van der Waals surface area contributed by atoms with E-state index in [4.69, 9.17) is 5.73 Å². The first-order valence-electron chi connectivity index (χ1n) is 5.75. The van der Waals surface area contributed by atoms with Gasteiger partial charge in [-0.2, -0.15) is 13.2 Å². The molecule has 0 spiro atoms. The van der Waals surface area contributed by atoms with E-state index in [2.05, 4.69) is 0 Å². The summed E-state index contributed by atoms with van der Waals surface area (Å²) in [6.45, 7) is 0. The molecule has 0 saturated heterocycles. The predicted molar refractivity (Wildman–Crippen MR) is 70.3 cm³/mol. The van der Waals surface area contributed by atoms with E-state index >= 15 is 0 Å². The molecular formula is C14H12F4N2. The molecule has 106 valence electrons. The van der Waals surface area contributed by atoms with Crippen molar-refractivity contribution in [2.75, 3.05) is 17.7 Å². The van der Waals surface area contributed by atoms with Crippen LogP contribution in [-0.4, -0.2) is 7.05 Å². The monoisotopic (exact) mass is 284 g/mol. The van der Waals surface area contributed by atoms with Gasteiger partial charge in [-0.05, 0) is 36.4 Å². The Balaban J connectivity index is 2.38. The van der Waals surface area contributed by atoms with Crippen molar-refractivity contribution >= 4 is 17.1 Å². The third-order valence-corrected chi connectivity index (χ3v) is 2.91. The lowest BCUT2D eigenvalue weighted by molar-refractivity contribution is -0.137. The molecule has 0 aliphatic carbocycles. The number of rotatable bonds is 2. The van der Waals surface area contributed by atoms with Crippen molar-refractivity contribution in [3.05, 3.63) is 53.8 Å². The molecule has 20 heavy (non-hydrogen) atoms. The van der Waals surface area contributed by atoms with Gasteiger partial charge in [0.25, 0.3) is 0 Å². The van der Waals surface area contributed by atoms with Crippen LogP contribution >= 0.6 is 0 Å². The fourth-order valence-electron chi connectivity index (χ4n) is 1.86. The molecule has 0 fully saturated rings. The molecule has 0 aromatic heterocycles. The first kappa shape index (κ1) is 14.2. The van der Waals surface area contributed by atoms with E-state index in [0.29, 0.717) is 11.4 Å². The summed E-state index contributed by atoms with van der Waals surface area (Å²) in [7, 11) is 1.60. The Labute approximate surface area is 113 Å². The van der Waals surface area contributed by atoms with Gasteiger partial charge < -0.3 is 10.6 Å². The number of hydrogen-bond donors (Lipinski definition) is 1. The maximum absolute atomic E-state index is 13.2. The minimum Gasteiger partial charge on any atom is -0.397 e. The highest BCUT2D eigenvalue weighted by atomic mass is 19.4. The Bertz CT molecular complexity index is 623. The van der Waals surface area contributed by atoms with E-state index in [9.17, 15) is 17.6 Å². The van der Waals surface area contributed by atoms with Gasteiger partial charge in [-0.3, -0.25) is 0 Å². The van der Waals surface area contributed by atoms with Crippen molar-refractivity contribution in [3.63, 3.8) is 0 Å². The van der Waals surface area contributed by atoms with E-state index in [0.717, 1.165) is 12.1 Å². The van der Waals surface area contributed by atoms with E-state index in [1.807, 2.05) is 0 Å². The number of nitrogens with zero attached hydrogens (tertiary/aromatic N) is 1. The summed E-state index contributed by atoms with van der Waals surface area (Å²) in [6.07, 6.45) is -4.44. The number of alkyl halides is 3. The largest absolute Gasteiger partial charge is 0.416 e. The molecule has 2 nitrogen and oxygen atoms in total. The minimum atomic E-state index is -4.44. The van der Waals surface area contributed by atoms with Gasteiger partial charge in [0.15, 0.2) is 0 Å².